The van der Waals surface area contributed by atoms with Crippen molar-refractivity contribution in [3.05, 3.63) is 36.0 Å². The lowest BCUT2D eigenvalue weighted by Crippen LogP contribution is -2.34. The SMILES string of the molecule is O=C1C=C(Nc2ccccc2OC(F)(F)F)C(=O)N1CCO. The van der Waals surface area contributed by atoms with Crippen LogP contribution in [0.4, 0.5) is 18.9 Å². The van der Waals surface area contributed by atoms with E-state index in [0.717, 1.165) is 17.0 Å². The average Bonchev–Trinajstić information content (AvgIpc) is 2.68. The summed E-state index contributed by atoms with van der Waals surface area (Å²) >= 11 is 0. The normalized spacial score (nSPS) is 15.1. The molecule has 2 rings (SSSR count). The molecular formula is C13H11F3N2O4. The van der Waals surface area contributed by atoms with Crippen LogP contribution in [-0.4, -0.2) is 41.3 Å². The first-order chi connectivity index (χ1) is 10.3. The van der Waals surface area contributed by atoms with Gasteiger partial charge in [-0.05, 0) is 12.1 Å². The third-order valence-corrected chi connectivity index (χ3v) is 2.72. The predicted molar refractivity (Wildman–Crippen MR) is 68.6 cm³/mol. The van der Waals surface area contributed by atoms with Crippen molar-refractivity contribution in [2.24, 2.45) is 0 Å². The number of imide groups is 1. The first-order valence-corrected chi connectivity index (χ1v) is 6.12. The lowest BCUT2D eigenvalue weighted by Gasteiger charge is -2.16. The Labute approximate surface area is 122 Å². The molecule has 0 spiro atoms. The molecule has 6 nitrogen and oxygen atoms in total. The number of nitrogens with one attached hydrogen (secondary N) is 1. The van der Waals surface area contributed by atoms with Gasteiger partial charge in [0.05, 0.1) is 18.8 Å². The zero-order chi connectivity index (χ0) is 16.3. The van der Waals surface area contributed by atoms with Crippen LogP contribution in [0.25, 0.3) is 0 Å². The Morgan fingerprint density at radius 1 is 1.23 bits per heavy atom. The van der Waals surface area contributed by atoms with E-state index in [2.05, 4.69) is 10.1 Å². The smallest absolute Gasteiger partial charge is 0.404 e. The molecular weight excluding hydrogens is 305 g/mol. The molecule has 0 bridgehead atoms. The number of nitrogens with zero attached hydrogens (tertiary/aromatic N) is 1. The molecule has 0 saturated carbocycles. The van der Waals surface area contributed by atoms with Gasteiger partial charge in [0.1, 0.15) is 5.70 Å². The van der Waals surface area contributed by atoms with Crippen molar-refractivity contribution in [1.29, 1.82) is 0 Å². The van der Waals surface area contributed by atoms with Crippen LogP contribution in [0.1, 0.15) is 0 Å². The average molecular weight is 316 g/mol. The number of anilines is 1. The molecule has 0 aliphatic carbocycles. The molecule has 1 aromatic rings. The number of amides is 2. The van der Waals surface area contributed by atoms with Crippen LogP contribution in [0.15, 0.2) is 36.0 Å². The highest BCUT2D eigenvalue weighted by atomic mass is 19.4. The summed E-state index contributed by atoms with van der Waals surface area (Å²) in [6.07, 6.45) is -3.94. The minimum Gasteiger partial charge on any atom is -0.404 e. The number of β-amino-alcohol motifs (C(OH)–C–C–N with tert-alkyl or cyclic N) is 1. The van der Waals surface area contributed by atoms with E-state index in [4.69, 9.17) is 5.11 Å². The van der Waals surface area contributed by atoms with E-state index in [0.29, 0.717) is 0 Å². The number of rotatable bonds is 5. The van der Waals surface area contributed by atoms with Gasteiger partial charge in [0, 0.05) is 6.08 Å². The number of benzene rings is 1. The molecule has 2 amide bonds. The van der Waals surface area contributed by atoms with E-state index in [1.54, 1.807) is 0 Å². The van der Waals surface area contributed by atoms with Gasteiger partial charge in [-0.15, -0.1) is 13.2 Å². The number of hydrogen-bond donors (Lipinski definition) is 2. The van der Waals surface area contributed by atoms with E-state index >= 15 is 0 Å². The molecule has 2 N–H and O–H groups in total. The van der Waals surface area contributed by atoms with Gasteiger partial charge in [-0.1, -0.05) is 12.1 Å². The minimum absolute atomic E-state index is 0.113. The number of carbonyl (C=O) groups is 2. The van der Waals surface area contributed by atoms with Gasteiger partial charge in [0.2, 0.25) is 0 Å². The highest BCUT2D eigenvalue weighted by Crippen LogP contribution is 2.31. The summed E-state index contributed by atoms with van der Waals surface area (Å²) in [5, 5.41) is 11.2. The predicted octanol–water partition coefficient (Wildman–Crippen LogP) is 1.24. The number of ether oxygens (including phenoxy) is 1. The van der Waals surface area contributed by atoms with Crippen LogP contribution in [-0.2, 0) is 9.59 Å². The Hall–Kier alpha value is -2.55. The maximum absolute atomic E-state index is 12.3. The number of aliphatic hydroxyl groups is 1. The lowest BCUT2D eigenvalue weighted by molar-refractivity contribution is -0.274. The number of alkyl halides is 3. The Morgan fingerprint density at radius 2 is 1.91 bits per heavy atom. The van der Waals surface area contributed by atoms with Gasteiger partial charge >= 0.3 is 6.36 Å². The molecule has 1 aromatic carbocycles. The molecule has 0 fully saturated rings. The highest BCUT2D eigenvalue weighted by molar-refractivity contribution is 6.17. The topological polar surface area (TPSA) is 78.9 Å². The molecule has 1 aliphatic rings. The number of aliphatic hydroxyl groups excluding tert-OH is 1. The van der Waals surface area contributed by atoms with Gasteiger partial charge in [0.25, 0.3) is 11.8 Å². The molecule has 9 heteroatoms. The molecule has 0 unspecified atom stereocenters. The summed E-state index contributed by atoms with van der Waals surface area (Å²) in [7, 11) is 0. The van der Waals surface area contributed by atoms with Crippen LogP contribution < -0.4 is 10.1 Å². The van der Waals surface area contributed by atoms with Crippen molar-refractivity contribution >= 4 is 17.5 Å². The summed E-state index contributed by atoms with van der Waals surface area (Å²) in [4.78, 5) is 24.2. The summed E-state index contributed by atoms with van der Waals surface area (Å²) in [5.41, 5.74) is -0.310. The lowest BCUT2D eigenvalue weighted by atomic mass is 10.2. The summed E-state index contributed by atoms with van der Waals surface area (Å²) in [6.45, 7) is -0.605. The quantitative estimate of drug-likeness (QED) is 0.799. The molecule has 0 saturated heterocycles. The van der Waals surface area contributed by atoms with E-state index in [9.17, 15) is 22.8 Å². The Bertz CT molecular complexity index is 628. The van der Waals surface area contributed by atoms with Crippen LogP contribution in [0.5, 0.6) is 5.75 Å². The molecule has 1 aliphatic heterocycles. The summed E-state index contributed by atoms with van der Waals surface area (Å²) < 4.78 is 40.8. The van der Waals surface area contributed by atoms with E-state index < -0.39 is 30.5 Å². The third-order valence-electron chi connectivity index (χ3n) is 2.72. The second kappa shape index (κ2) is 6.06. The van der Waals surface area contributed by atoms with Crippen LogP contribution in [0.3, 0.4) is 0 Å². The van der Waals surface area contributed by atoms with Crippen LogP contribution in [0.2, 0.25) is 0 Å². The second-order valence-electron chi connectivity index (χ2n) is 4.25. The van der Waals surface area contributed by atoms with Crippen molar-refractivity contribution < 1.29 is 32.6 Å². The van der Waals surface area contributed by atoms with Crippen molar-refractivity contribution in [2.45, 2.75) is 6.36 Å². The zero-order valence-electron chi connectivity index (χ0n) is 11.1. The number of para-hydroxylation sites is 2. The summed E-state index contributed by atoms with van der Waals surface area (Å²) in [6, 6.07) is 5.12. The molecule has 1 heterocycles. The molecule has 0 atom stereocenters. The van der Waals surface area contributed by atoms with Gasteiger partial charge < -0.3 is 15.2 Å². The number of halogens is 3. The number of carbonyl (C=O) groups excluding carboxylic acids is 2. The van der Waals surface area contributed by atoms with Crippen molar-refractivity contribution in [1.82, 2.24) is 4.90 Å². The van der Waals surface area contributed by atoms with Crippen molar-refractivity contribution in [3.8, 4) is 5.75 Å². The molecule has 118 valence electrons. The van der Waals surface area contributed by atoms with Gasteiger partial charge in [0.15, 0.2) is 5.75 Å². The standard InChI is InChI=1S/C13H11F3N2O4/c14-13(15,16)22-10-4-2-1-3-8(10)17-9-7-11(20)18(5-6-19)12(9)21/h1-4,7,17,19H,5-6H2. The Balaban J connectivity index is 2.20. The Morgan fingerprint density at radius 3 is 2.55 bits per heavy atom. The fraction of sp³-hybridized carbons (Fsp3) is 0.231. The summed E-state index contributed by atoms with van der Waals surface area (Å²) in [5.74, 6) is -1.92. The highest BCUT2D eigenvalue weighted by Gasteiger charge is 2.34. The minimum atomic E-state index is -4.88. The molecule has 22 heavy (non-hydrogen) atoms. The van der Waals surface area contributed by atoms with Crippen molar-refractivity contribution in [2.75, 3.05) is 18.5 Å². The first-order valence-electron chi connectivity index (χ1n) is 6.12. The van der Waals surface area contributed by atoms with Gasteiger partial charge in [-0.2, -0.15) is 0 Å². The van der Waals surface area contributed by atoms with Crippen LogP contribution >= 0.6 is 0 Å². The van der Waals surface area contributed by atoms with E-state index in [-0.39, 0.29) is 17.9 Å². The molecule has 0 aromatic heterocycles. The van der Waals surface area contributed by atoms with Crippen molar-refractivity contribution in [3.63, 3.8) is 0 Å². The molecule has 0 radical (unpaired) electrons. The maximum atomic E-state index is 12.3. The zero-order valence-corrected chi connectivity index (χ0v) is 11.1. The Kier molecular flexibility index (Phi) is 4.36. The van der Waals surface area contributed by atoms with Gasteiger partial charge in [-0.3, -0.25) is 14.5 Å². The first kappa shape index (κ1) is 15.8. The second-order valence-corrected chi connectivity index (χ2v) is 4.25. The fourth-order valence-electron chi connectivity index (χ4n) is 1.84. The maximum Gasteiger partial charge on any atom is 0.573 e. The van der Waals surface area contributed by atoms with E-state index in [1.165, 1.54) is 18.2 Å². The van der Waals surface area contributed by atoms with Gasteiger partial charge in [-0.25, -0.2) is 0 Å². The van der Waals surface area contributed by atoms with E-state index in [1.807, 2.05) is 0 Å². The van der Waals surface area contributed by atoms with Crippen LogP contribution in [0, 0.1) is 0 Å². The third kappa shape index (κ3) is 3.55. The fourth-order valence-corrected chi connectivity index (χ4v) is 1.84. The largest absolute Gasteiger partial charge is 0.573 e. The number of hydrogen-bond acceptors (Lipinski definition) is 5. The monoisotopic (exact) mass is 316 g/mol.